The van der Waals surface area contributed by atoms with Crippen LogP contribution in [0.4, 0.5) is 18.9 Å². The summed E-state index contributed by atoms with van der Waals surface area (Å²) in [6.45, 7) is 1.68. The van der Waals surface area contributed by atoms with E-state index in [0.717, 1.165) is 84.7 Å². The summed E-state index contributed by atoms with van der Waals surface area (Å²) < 4.78 is 49.1. The van der Waals surface area contributed by atoms with E-state index in [1.54, 1.807) is 12.3 Å². The highest BCUT2D eigenvalue weighted by Gasteiger charge is 2.45. The number of hydrogen-bond acceptors (Lipinski definition) is 4. The van der Waals surface area contributed by atoms with Gasteiger partial charge in [-0.05, 0) is 67.4 Å². The van der Waals surface area contributed by atoms with E-state index in [1.165, 1.54) is 12.1 Å². The number of carboxylic acids is 1. The summed E-state index contributed by atoms with van der Waals surface area (Å²) in [5.41, 5.74) is 3.72. The van der Waals surface area contributed by atoms with Crippen molar-refractivity contribution in [3.8, 4) is 11.3 Å². The van der Waals surface area contributed by atoms with Crippen LogP contribution in [0.3, 0.4) is 0 Å². The first-order valence-electron chi connectivity index (χ1n) is 13.6. The molecule has 0 amide bonds. The van der Waals surface area contributed by atoms with Crippen molar-refractivity contribution >= 4 is 28.1 Å². The minimum Gasteiger partial charge on any atom is -0.478 e. The Morgan fingerprint density at radius 2 is 1.85 bits per heavy atom. The first-order chi connectivity index (χ1) is 19.1. The summed E-state index contributed by atoms with van der Waals surface area (Å²) in [6, 6.07) is 11.5. The molecule has 3 heterocycles. The van der Waals surface area contributed by atoms with Crippen molar-refractivity contribution in [2.24, 2.45) is 12.5 Å². The molecule has 2 fully saturated rings. The minimum atomic E-state index is -4.48. The van der Waals surface area contributed by atoms with E-state index in [4.69, 9.17) is 4.52 Å². The summed E-state index contributed by atoms with van der Waals surface area (Å²) in [4.78, 5) is 13.9. The second-order valence-corrected chi connectivity index (χ2v) is 11.4. The number of nitrogens with zero attached hydrogens (tertiary/aromatic N) is 3. The van der Waals surface area contributed by atoms with Gasteiger partial charge >= 0.3 is 12.1 Å². The number of halogens is 3. The minimum absolute atomic E-state index is 0.0102. The second kappa shape index (κ2) is 8.74. The fourth-order valence-corrected chi connectivity index (χ4v) is 6.51. The summed E-state index contributed by atoms with van der Waals surface area (Å²) in [5, 5.41) is 14.4. The molecule has 206 valence electrons. The Morgan fingerprint density at radius 3 is 2.52 bits per heavy atom. The summed E-state index contributed by atoms with van der Waals surface area (Å²) >= 11 is 0. The van der Waals surface area contributed by atoms with Crippen LogP contribution in [-0.4, -0.2) is 33.9 Å². The molecule has 1 saturated heterocycles. The fourth-order valence-electron chi connectivity index (χ4n) is 6.51. The van der Waals surface area contributed by atoms with Crippen LogP contribution in [0.25, 0.3) is 27.7 Å². The molecule has 40 heavy (non-hydrogen) atoms. The average Bonchev–Trinajstić information content (AvgIpc) is 3.58. The van der Waals surface area contributed by atoms with Crippen molar-refractivity contribution in [3.63, 3.8) is 0 Å². The monoisotopic (exact) mass is 547 g/mol. The topological polar surface area (TPSA) is 71.5 Å². The summed E-state index contributed by atoms with van der Waals surface area (Å²) in [6.07, 6.45) is 4.01. The van der Waals surface area contributed by atoms with Gasteiger partial charge in [0.05, 0.1) is 16.6 Å². The zero-order valence-corrected chi connectivity index (χ0v) is 22.0. The third-order valence-electron chi connectivity index (χ3n) is 8.83. The summed E-state index contributed by atoms with van der Waals surface area (Å²) in [5.74, 6) is 0.0124. The lowest BCUT2D eigenvalue weighted by Crippen LogP contribution is -2.42. The first kappa shape index (κ1) is 25.0. The number of aromatic carboxylic acids is 1. The maximum Gasteiger partial charge on any atom is 0.417 e. The van der Waals surface area contributed by atoms with Crippen LogP contribution in [-0.2, 0) is 13.2 Å². The number of hydrogen-bond donors (Lipinski definition) is 1. The third kappa shape index (κ3) is 4.01. The van der Waals surface area contributed by atoms with Crippen LogP contribution in [0, 0.1) is 5.41 Å². The highest BCUT2D eigenvalue weighted by Crippen LogP contribution is 2.56. The van der Waals surface area contributed by atoms with Gasteiger partial charge in [-0.2, -0.15) is 13.2 Å². The predicted molar refractivity (Wildman–Crippen MR) is 145 cm³/mol. The van der Waals surface area contributed by atoms with Crippen molar-refractivity contribution in [2.75, 3.05) is 18.0 Å². The number of benzene rings is 2. The molecule has 0 atom stereocenters. The Labute approximate surface area is 228 Å². The van der Waals surface area contributed by atoms with Crippen molar-refractivity contribution in [2.45, 2.75) is 44.2 Å². The first-order valence-corrected chi connectivity index (χ1v) is 13.6. The summed E-state index contributed by atoms with van der Waals surface area (Å²) in [7, 11) is 1.85. The number of allylic oxidation sites excluding steroid dienone is 2. The number of rotatable bonds is 5. The Bertz CT molecular complexity index is 1680. The van der Waals surface area contributed by atoms with E-state index in [-0.39, 0.29) is 16.9 Å². The average molecular weight is 548 g/mol. The molecular formula is C31H28F3N3O3. The fraction of sp³-hybridized carbons (Fsp3) is 0.355. The van der Waals surface area contributed by atoms with Crippen LogP contribution in [0.5, 0.6) is 0 Å². The highest BCUT2D eigenvalue weighted by atomic mass is 19.4. The molecule has 7 rings (SSSR count). The smallest absolute Gasteiger partial charge is 0.417 e. The molecule has 0 radical (unpaired) electrons. The highest BCUT2D eigenvalue weighted by molar-refractivity contribution is 6.04. The lowest BCUT2D eigenvalue weighted by Gasteiger charge is -2.47. The number of alkyl halides is 3. The van der Waals surface area contributed by atoms with Gasteiger partial charge in [0.15, 0.2) is 0 Å². The molecule has 6 nitrogen and oxygen atoms in total. The Kier molecular flexibility index (Phi) is 5.46. The van der Waals surface area contributed by atoms with Crippen molar-refractivity contribution < 1.29 is 27.6 Å². The molecule has 1 N–H and O–H groups in total. The molecule has 1 aliphatic heterocycles. The van der Waals surface area contributed by atoms with E-state index in [2.05, 4.69) is 16.1 Å². The van der Waals surface area contributed by atoms with Gasteiger partial charge in [-0.25, -0.2) is 4.79 Å². The number of piperidine rings is 1. The normalized spacial score (nSPS) is 18.7. The number of fused-ring (bicyclic) bond motifs is 1. The maximum atomic E-state index is 13.8. The van der Waals surface area contributed by atoms with Gasteiger partial charge < -0.3 is 19.1 Å². The third-order valence-corrected chi connectivity index (χ3v) is 8.83. The lowest BCUT2D eigenvalue weighted by atomic mass is 9.63. The Balaban J connectivity index is 1.15. The number of aryl methyl sites for hydroxylation is 1. The zero-order valence-electron chi connectivity index (χ0n) is 22.0. The molecule has 1 saturated carbocycles. The van der Waals surface area contributed by atoms with E-state index in [9.17, 15) is 23.1 Å². The maximum absolute atomic E-state index is 13.8. The molecule has 2 aromatic heterocycles. The van der Waals surface area contributed by atoms with Crippen LogP contribution in [0.2, 0.25) is 0 Å². The van der Waals surface area contributed by atoms with Gasteiger partial charge in [0.2, 0.25) is 0 Å². The van der Waals surface area contributed by atoms with Crippen molar-refractivity contribution in [1.29, 1.82) is 0 Å². The quantitative estimate of drug-likeness (QED) is 0.280. The molecule has 2 aromatic carbocycles. The van der Waals surface area contributed by atoms with Crippen LogP contribution in [0.1, 0.15) is 65.3 Å². The standard InChI is InChI=1S/C31H28F3N3O3/c1-36-17-23(29(38)39)21-9-8-20(14-25(21)36)37-12-10-30(11-13-37)15-19(16-30)26-27(35-40-28(26)18-6-7-18)22-4-2-3-5-24(22)31(32,33)34/h2-5,8-9,14-15,17-18H,6-7,10-13,16H2,1H3,(H,38,39). The van der Waals surface area contributed by atoms with Crippen LogP contribution in [0.15, 0.2) is 59.3 Å². The van der Waals surface area contributed by atoms with E-state index < -0.39 is 17.7 Å². The van der Waals surface area contributed by atoms with Gasteiger partial charge in [-0.1, -0.05) is 29.4 Å². The predicted octanol–water partition coefficient (Wildman–Crippen LogP) is 7.50. The SMILES string of the molecule is Cn1cc(C(=O)O)c2ccc(N3CCC4(C=C(c5c(-c6ccccc6C(F)(F)F)noc5C5CC5)C4)CC3)cc21. The van der Waals surface area contributed by atoms with Crippen molar-refractivity contribution in [1.82, 2.24) is 9.72 Å². The van der Waals surface area contributed by atoms with Crippen molar-refractivity contribution in [3.05, 3.63) is 77.2 Å². The molecule has 4 aromatic rings. The van der Waals surface area contributed by atoms with Gasteiger partial charge in [0.25, 0.3) is 0 Å². The van der Waals surface area contributed by atoms with Gasteiger partial charge in [0.1, 0.15) is 11.5 Å². The van der Waals surface area contributed by atoms with Gasteiger partial charge in [-0.15, -0.1) is 0 Å². The molecule has 3 aliphatic rings. The molecule has 1 spiro atoms. The van der Waals surface area contributed by atoms with E-state index in [1.807, 2.05) is 29.8 Å². The number of anilines is 1. The second-order valence-electron chi connectivity index (χ2n) is 11.4. The van der Waals surface area contributed by atoms with Gasteiger partial charge in [-0.3, -0.25) is 0 Å². The van der Waals surface area contributed by atoms with Crippen LogP contribution < -0.4 is 4.90 Å². The Hall–Kier alpha value is -4.01. The Morgan fingerprint density at radius 1 is 1.12 bits per heavy atom. The van der Waals surface area contributed by atoms with Crippen LogP contribution >= 0.6 is 0 Å². The number of carboxylic acid groups (broad SMARTS) is 1. The number of aromatic nitrogens is 2. The van der Waals surface area contributed by atoms with E-state index >= 15 is 0 Å². The largest absolute Gasteiger partial charge is 0.478 e. The van der Waals surface area contributed by atoms with Gasteiger partial charge in [0, 0.05) is 54.5 Å². The van der Waals surface area contributed by atoms with E-state index in [0.29, 0.717) is 11.3 Å². The molecular weight excluding hydrogens is 519 g/mol. The number of carbonyl (C=O) groups is 1. The molecule has 0 bridgehead atoms. The molecule has 9 heteroatoms. The zero-order chi connectivity index (χ0) is 27.8. The lowest BCUT2D eigenvalue weighted by molar-refractivity contribution is -0.137. The molecule has 2 aliphatic carbocycles. The molecule has 0 unspecified atom stereocenters.